The second-order valence-corrected chi connectivity index (χ2v) is 10.9. The minimum absolute atomic E-state index is 0.0710. The lowest BCUT2D eigenvalue weighted by Crippen LogP contribution is -2.40. The Morgan fingerprint density at radius 2 is 1.97 bits per heavy atom. The molecule has 0 spiro atoms. The molecule has 0 unspecified atom stereocenters. The molecule has 2 aromatic heterocycles. The van der Waals surface area contributed by atoms with Crippen LogP contribution in [0.5, 0.6) is 11.5 Å². The number of aryl methyl sites for hydroxylation is 1. The maximum atomic E-state index is 13.3. The van der Waals surface area contributed by atoms with Crippen molar-refractivity contribution in [2.24, 2.45) is 0 Å². The SMILES string of the molecule is Cc1c(C(=O)N2CC3(O)CC2C3)cn2nccc(Oc3ccc(NC(=O)NC4CC4)c(C4CC4)c3)c12. The van der Waals surface area contributed by atoms with Gasteiger partial charge in [0.15, 0.2) is 5.75 Å². The summed E-state index contributed by atoms with van der Waals surface area (Å²) in [6.45, 7) is 2.30. The number of fused-ring (bicyclic) bond motifs is 2. The number of benzene rings is 1. The summed E-state index contributed by atoms with van der Waals surface area (Å²) in [4.78, 5) is 27.4. The highest BCUT2D eigenvalue weighted by atomic mass is 16.5. The molecule has 2 bridgehead atoms. The third-order valence-corrected chi connectivity index (χ3v) is 7.95. The molecular weight excluding hydrogens is 458 g/mol. The molecule has 8 rings (SSSR count). The number of carbonyl (C=O) groups excluding carboxylic acids is 2. The first-order valence-corrected chi connectivity index (χ1v) is 12.8. The maximum Gasteiger partial charge on any atom is 0.319 e. The van der Waals surface area contributed by atoms with Gasteiger partial charge in [0.05, 0.1) is 23.9 Å². The van der Waals surface area contributed by atoms with Gasteiger partial charge in [-0.1, -0.05) is 0 Å². The van der Waals surface area contributed by atoms with Crippen LogP contribution in [0.1, 0.15) is 65.9 Å². The Balaban J connectivity index is 1.16. The average Bonchev–Trinajstić information content (AvgIpc) is 3.75. The predicted molar refractivity (Wildman–Crippen MR) is 133 cm³/mol. The molecule has 3 amide bonds. The van der Waals surface area contributed by atoms with Gasteiger partial charge in [-0.25, -0.2) is 9.31 Å². The molecule has 4 heterocycles. The third kappa shape index (κ3) is 3.69. The highest BCUT2D eigenvalue weighted by Gasteiger charge is 2.56. The predicted octanol–water partition coefficient (Wildman–Crippen LogP) is 3.95. The van der Waals surface area contributed by atoms with E-state index < -0.39 is 5.60 Å². The number of carbonyl (C=O) groups is 2. The van der Waals surface area contributed by atoms with E-state index in [1.165, 1.54) is 0 Å². The largest absolute Gasteiger partial charge is 0.455 e. The van der Waals surface area contributed by atoms with E-state index in [-0.39, 0.29) is 18.0 Å². The normalized spacial score (nSPS) is 24.5. The smallest absolute Gasteiger partial charge is 0.319 e. The maximum absolute atomic E-state index is 13.3. The summed E-state index contributed by atoms with van der Waals surface area (Å²) in [5.74, 6) is 1.63. The van der Waals surface area contributed by atoms with E-state index in [0.717, 1.165) is 48.0 Å². The van der Waals surface area contributed by atoms with E-state index in [1.54, 1.807) is 27.9 Å². The molecule has 2 aliphatic heterocycles. The Morgan fingerprint density at radius 3 is 2.67 bits per heavy atom. The van der Waals surface area contributed by atoms with Crippen LogP contribution < -0.4 is 15.4 Å². The van der Waals surface area contributed by atoms with Crippen LogP contribution in [-0.2, 0) is 0 Å². The standard InChI is InChI=1S/C27H29N5O4/c1-15-21(25(33)31-14-27(35)11-18(31)12-27)13-32-24(15)23(8-9-28-32)36-19-6-7-22(20(10-19)16-2-3-16)30-26(34)29-17-4-5-17/h6-10,13,16-18,35H,2-5,11-12,14H2,1H3,(H2,29,30,34). The number of nitrogens with zero attached hydrogens (tertiary/aromatic N) is 3. The van der Waals surface area contributed by atoms with Gasteiger partial charge in [-0.2, -0.15) is 5.10 Å². The van der Waals surface area contributed by atoms with Crippen molar-refractivity contribution in [3.8, 4) is 11.5 Å². The Bertz CT molecular complexity index is 1400. The van der Waals surface area contributed by atoms with Crippen LogP contribution in [0.3, 0.4) is 0 Å². The van der Waals surface area contributed by atoms with Crippen molar-refractivity contribution in [3.05, 3.63) is 53.3 Å². The third-order valence-electron chi connectivity index (χ3n) is 7.95. The first-order valence-electron chi connectivity index (χ1n) is 12.8. The highest BCUT2D eigenvalue weighted by molar-refractivity contribution is 5.99. The fourth-order valence-electron chi connectivity index (χ4n) is 5.68. The van der Waals surface area contributed by atoms with E-state index >= 15 is 0 Å². The van der Waals surface area contributed by atoms with Gasteiger partial charge in [0.1, 0.15) is 11.3 Å². The molecule has 186 valence electrons. The molecule has 2 saturated heterocycles. The molecule has 36 heavy (non-hydrogen) atoms. The molecule has 9 heteroatoms. The van der Waals surface area contributed by atoms with Crippen LogP contribution >= 0.6 is 0 Å². The topological polar surface area (TPSA) is 108 Å². The van der Waals surface area contributed by atoms with Gasteiger partial charge >= 0.3 is 6.03 Å². The van der Waals surface area contributed by atoms with Gasteiger partial charge in [-0.3, -0.25) is 4.79 Å². The molecule has 9 nitrogen and oxygen atoms in total. The molecule has 5 aliphatic rings. The summed E-state index contributed by atoms with van der Waals surface area (Å²) in [6.07, 6.45) is 9.01. The molecular formula is C27H29N5O4. The summed E-state index contributed by atoms with van der Waals surface area (Å²) in [5.41, 5.74) is 3.31. The first-order chi connectivity index (χ1) is 17.4. The van der Waals surface area contributed by atoms with Gasteiger partial charge in [0.2, 0.25) is 0 Å². The van der Waals surface area contributed by atoms with Crippen LogP contribution in [0.2, 0.25) is 0 Å². The lowest BCUT2D eigenvalue weighted by molar-refractivity contribution is 0.00705. The lowest BCUT2D eigenvalue weighted by atomic mass is 9.81. The van der Waals surface area contributed by atoms with Crippen LogP contribution in [0.25, 0.3) is 5.52 Å². The minimum atomic E-state index is -0.710. The van der Waals surface area contributed by atoms with Crippen molar-refractivity contribution >= 4 is 23.1 Å². The fraction of sp³-hybridized carbons (Fsp3) is 0.444. The number of rotatable bonds is 6. The van der Waals surface area contributed by atoms with Crippen molar-refractivity contribution < 1.29 is 19.4 Å². The quantitative estimate of drug-likeness (QED) is 0.488. The van der Waals surface area contributed by atoms with E-state index in [1.807, 2.05) is 25.1 Å². The molecule has 0 atom stereocenters. The number of urea groups is 1. The Kier molecular flexibility index (Phi) is 4.64. The second kappa shape index (κ2) is 7.70. The average molecular weight is 488 g/mol. The van der Waals surface area contributed by atoms with E-state index in [9.17, 15) is 14.7 Å². The summed E-state index contributed by atoms with van der Waals surface area (Å²) in [5, 5.41) is 20.7. The summed E-state index contributed by atoms with van der Waals surface area (Å²) in [7, 11) is 0. The number of hydrogen-bond acceptors (Lipinski definition) is 5. The second-order valence-electron chi connectivity index (χ2n) is 10.9. The molecule has 3 aromatic rings. The number of anilines is 1. The zero-order chi connectivity index (χ0) is 24.6. The van der Waals surface area contributed by atoms with Crippen molar-refractivity contribution in [1.29, 1.82) is 0 Å². The first kappa shape index (κ1) is 21.7. The van der Waals surface area contributed by atoms with E-state index in [4.69, 9.17) is 4.74 Å². The van der Waals surface area contributed by atoms with Gasteiger partial charge in [-0.15, -0.1) is 0 Å². The summed E-state index contributed by atoms with van der Waals surface area (Å²) >= 11 is 0. The van der Waals surface area contributed by atoms with Crippen molar-refractivity contribution in [2.45, 2.75) is 69.1 Å². The van der Waals surface area contributed by atoms with E-state index in [2.05, 4.69) is 15.7 Å². The van der Waals surface area contributed by atoms with Gasteiger partial charge < -0.3 is 25.4 Å². The van der Waals surface area contributed by atoms with Gasteiger partial charge in [-0.05, 0) is 80.7 Å². The van der Waals surface area contributed by atoms with Gasteiger partial charge in [0.25, 0.3) is 5.91 Å². The molecule has 5 fully saturated rings. The molecule has 3 aliphatic carbocycles. The fourth-order valence-corrected chi connectivity index (χ4v) is 5.68. The highest BCUT2D eigenvalue weighted by Crippen LogP contribution is 2.46. The summed E-state index contributed by atoms with van der Waals surface area (Å²) in [6, 6.07) is 7.83. The minimum Gasteiger partial charge on any atom is -0.455 e. The Morgan fingerprint density at radius 1 is 1.17 bits per heavy atom. The number of amides is 3. The number of hydrogen-bond donors (Lipinski definition) is 3. The molecule has 3 saturated carbocycles. The van der Waals surface area contributed by atoms with Crippen molar-refractivity contribution in [1.82, 2.24) is 19.8 Å². The van der Waals surface area contributed by atoms with Crippen molar-refractivity contribution in [2.75, 3.05) is 11.9 Å². The van der Waals surface area contributed by atoms with Crippen LogP contribution in [0.4, 0.5) is 10.5 Å². The number of aliphatic hydroxyl groups is 1. The molecule has 1 aromatic carbocycles. The zero-order valence-electron chi connectivity index (χ0n) is 20.2. The lowest BCUT2D eigenvalue weighted by Gasteiger charge is -2.31. The number of aromatic nitrogens is 2. The van der Waals surface area contributed by atoms with Crippen LogP contribution in [-0.4, -0.2) is 55.8 Å². The zero-order valence-corrected chi connectivity index (χ0v) is 20.2. The number of nitrogens with one attached hydrogen (secondary N) is 2. The van der Waals surface area contributed by atoms with Crippen LogP contribution in [0.15, 0.2) is 36.7 Å². The number of ether oxygens (including phenoxy) is 1. The Hall–Kier alpha value is -3.59. The molecule has 3 N–H and O–H groups in total. The van der Waals surface area contributed by atoms with Crippen LogP contribution in [0, 0.1) is 6.92 Å². The Labute approximate surface area is 208 Å². The van der Waals surface area contributed by atoms with Crippen molar-refractivity contribution in [3.63, 3.8) is 0 Å². The molecule has 0 radical (unpaired) electrons. The monoisotopic (exact) mass is 487 g/mol. The summed E-state index contributed by atoms with van der Waals surface area (Å²) < 4.78 is 8.02. The van der Waals surface area contributed by atoms with Gasteiger partial charge in [0, 0.05) is 30.0 Å². The van der Waals surface area contributed by atoms with E-state index in [0.29, 0.717) is 48.4 Å².